The SMILES string of the molecule is Cc1ccc(OCc2csc(C(=O)NC(C)c3ccccc3)c2)c(C)c1. The van der Waals surface area contributed by atoms with Crippen LogP contribution in [0.1, 0.15) is 44.9 Å². The lowest BCUT2D eigenvalue weighted by Crippen LogP contribution is -2.25. The van der Waals surface area contributed by atoms with Crippen LogP contribution in [0.3, 0.4) is 0 Å². The first-order chi connectivity index (χ1) is 12.5. The third-order valence-electron chi connectivity index (χ3n) is 4.25. The van der Waals surface area contributed by atoms with Crippen LogP contribution in [0.5, 0.6) is 5.75 Å². The molecule has 0 saturated heterocycles. The first-order valence-corrected chi connectivity index (χ1v) is 9.54. The predicted octanol–water partition coefficient (Wildman–Crippen LogP) is 5.43. The Balaban J connectivity index is 1.59. The summed E-state index contributed by atoms with van der Waals surface area (Å²) in [7, 11) is 0. The van der Waals surface area contributed by atoms with Gasteiger partial charge in [-0.05, 0) is 49.4 Å². The van der Waals surface area contributed by atoms with Crippen LogP contribution >= 0.6 is 11.3 Å². The van der Waals surface area contributed by atoms with Gasteiger partial charge in [0.25, 0.3) is 5.91 Å². The van der Waals surface area contributed by atoms with Crippen LogP contribution in [-0.4, -0.2) is 5.91 Å². The summed E-state index contributed by atoms with van der Waals surface area (Å²) in [6, 6.07) is 18.0. The molecular formula is C22H23NO2S. The van der Waals surface area contributed by atoms with Gasteiger partial charge in [-0.15, -0.1) is 11.3 Å². The molecule has 134 valence electrons. The van der Waals surface area contributed by atoms with Crippen molar-refractivity contribution < 1.29 is 9.53 Å². The molecule has 0 saturated carbocycles. The van der Waals surface area contributed by atoms with Crippen molar-refractivity contribution in [3.05, 3.63) is 87.1 Å². The van der Waals surface area contributed by atoms with Gasteiger partial charge in [0, 0.05) is 5.56 Å². The standard InChI is InChI=1S/C22H23NO2S/c1-15-9-10-20(16(2)11-15)25-13-18-12-21(26-14-18)22(24)23-17(3)19-7-5-4-6-8-19/h4-12,14,17H,13H2,1-3H3,(H,23,24). The molecule has 1 amide bonds. The Bertz CT molecular complexity index is 886. The van der Waals surface area contributed by atoms with Gasteiger partial charge in [-0.25, -0.2) is 0 Å². The van der Waals surface area contributed by atoms with Gasteiger partial charge in [0.05, 0.1) is 10.9 Å². The van der Waals surface area contributed by atoms with Gasteiger partial charge in [-0.1, -0.05) is 48.0 Å². The smallest absolute Gasteiger partial charge is 0.261 e. The molecule has 0 aliphatic rings. The molecule has 4 heteroatoms. The van der Waals surface area contributed by atoms with Crippen molar-refractivity contribution in [2.75, 3.05) is 0 Å². The van der Waals surface area contributed by atoms with E-state index < -0.39 is 0 Å². The third kappa shape index (κ3) is 4.52. The van der Waals surface area contributed by atoms with Gasteiger partial charge in [0.15, 0.2) is 0 Å². The highest BCUT2D eigenvalue weighted by Crippen LogP contribution is 2.22. The molecule has 0 spiro atoms. The molecule has 0 aliphatic carbocycles. The predicted molar refractivity (Wildman–Crippen MR) is 107 cm³/mol. The fraction of sp³-hybridized carbons (Fsp3) is 0.227. The van der Waals surface area contributed by atoms with E-state index in [1.165, 1.54) is 16.9 Å². The van der Waals surface area contributed by atoms with E-state index in [9.17, 15) is 4.79 Å². The molecular weight excluding hydrogens is 342 g/mol. The van der Waals surface area contributed by atoms with Gasteiger partial charge in [0.2, 0.25) is 0 Å². The molecule has 2 aromatic carbocycles. The lowest BCUT2D eigenvalue weighted by atomic mass is 10.1. The van der Waals surface area contributed by atoms with Crippen LogP contribution < -0.4 is 10.1 Å². The average molecular weight is 365 g/mol. The fourth-order valence-electron chi connectivity index (χ4n) is 2.79. The first kappa shape index (κ1) is 18.2. The maximum atomic E-state index is 12.5. The summed E-state index contributed by atoms with van der Waals surface area (Å²) in [5.41, 5.74) is 4.44. The van der Waals surface area contributed by atoms with Gasteiger partial charge < -0.3 is 10.1 Å². The van der Waals surface area contributed by atoms with Crippen molar-refractivity contribution in [1.29, 1.82) is 0 Å². The van der Waals surface area contributed by atoms with E-state index in [0.717, 1.165) is 22.4 Å². The summed E-state index contributed by atoms with van der Waals surface area (Å²) in [6.45, 7) is 6.56. The number of ether oxygens (including phenoxy) is 1. The molecule has 1 atom stereocenters. The lowest BCUT2D eigenvalue weighted by molar-refractivity contribution is 0.0944. The number of carbonyl (C=O) groups is 1. The van der Waals surface area contributed by atoms with Crippen molar-refractivity contribution >= 4 is 17.2 Å². The molecule has 1 unspecified atom stereocenters. The second kappa shape index (κ2) is 8.19. The first-order valence-electron chi connectivity index (χ1n) is 8.66. The number of rotatable bonds is 6. The monoisotopic (exact) mass is 365 g/mol. The average Bonchev–Trinajstić information content (AvgIpc) is 3.11. The second-order valence-electron chi connectivity index (χ2n) is 6.48. The Morgan fingerprint density at radius 2 is 1.88 bits per heavy atom. The van der Waals surface area contributed by atoms with Crippen LogP contribution in [-0.2, 0) is 6.61 Å². The summed E-state index contributed by atoms with van der Waals surface area (Å²) in [6.07, 6.45) is 0. The summed E-state index contributed by atoms with van der Waals surface area (Å²) in [5, 5.41) is 5.02. The minimum Gasteiger partial charge on any atom is -0.489 e. The van der Waals surface area contributed by atoms with Crippen molar-refractivity contribution in [3.8, 4) is 5.75 Å². The van der Waals surface area contributed by atoms with Gasteiger partial charge >= 0.3 is 0 Å². The van der Waals surface area contributed by atoms with Crippen molar-refractivity contribution in [3.63, 3.8) is 0 Å². The number of hydrogen-bond donors (Lipinski definition) is 1. The van der Waals surface area contributed by atoms with Gasteiger partial charge in [0.1, 0.15) is 12.4 Å². The second-order valence-corrected chi connectivity index (χ2v) is 7.39. The van der Waals surface area contributed by atoms with E-state index in [4.69, 9.17) is 4.74 Å². The molecule has 0 fully saturated rings. The molecule has 1 N–H and O–H groups in total. The third-order valence-corrected chi connectivity index (χ3v) is 5.23. The van der Waals surface area contributed by atoms with E-state index in [2.05, 4.69) is 18.3 Å². The summed E-state index contributed by atoms with van der Waals surface area (Å²) < 4.78 is 5.90. The van der Waals surface area contributed by atoms with Crippen LogP contribution in [0.4, 0.5) is 0 Å². The van der Waals surface area contributed by atoms with E-state index in [0.29, 0.717) is 11.5 Å². The molecule has 1 aromatic heterocycles. The Morgan fingerprint density at radius 3 is 2.62 bits per heavy atom. The van der Waals surface area contributed by atoms with E-state index in [1.54, 1.807) is 0 Å². The number of thiophene rings is 1. The topological polar surface area (TPSA) is 38.3 Å². The van der Waals surface area contributed by atoms with Crippen LogP contribution in [0.25, 0.3) is 0 Å². The number of hydrogen-bond acceptors (Lipinski definition) is 3. The van der Waals surface area contributed by atoms with Crippen molar-refractivity contribution in [2.45, 2.75) is 33.4 Å². The van der Waals surface area contributed by atoms with Crippen molar-refractivity contribution in [2.24, 2.45) is 0 Å². The zero-order chi connectivity index (χ0) is 18.5. The highest BCUT2D eigenvalue weighted by molar-refractivity contribution is 7.12. The lowest BCUT2D eigenvalue weighted by Gasteiger charge is -2.13. The van der Waals surface area contributed by atoms with Crippen molar-refractivity contribution in [1.82, 2.24) is 5.32 Å². The summed E-state index contributed by atoms with van der Waals surface area (Å²) in [4.78, 5) is 13.2. The molecule has 3 rings (SSSR count). The van der Waals surface area contributed by atoms with Crippen LogP contribution in [0, 0.1) is 13.8 Å². The molecule has 0 bridgehead atoms. The zero-order valence-electron chi connectivity index (χ0n) is 15.3. The highest BCUT2D eigenvalue weighted by Gasteiger charge is 2.13. The normalized spacial score (nSPS) is 11.8. The number of nitrogens with one attached hydrogen (secondary N) is 1. The summed E-state index contributed by atoms with van der Waals surface area (Å²) >= 11 is 1.44. The van der Waals surface area contributed by atoms with Crippen LogP contribution in [0.15, 0.2) is 60.0 Å². The largest absolute Gasteiger partial charge is 0.489 e. The Kier molecular flexibility index (Phi) is 5.74. The fourth-order valence-corrected chi connectivity index (χ4v) is 3.59. The van der Waals surface area contributed by atoms with E-state index in [-0.39, 0.29) is 11.9 Å². The van der Waals surface area contributed by atoms with E-state index in [1.807, 2.05) is 67.8 Å². The molecule has 1 heterocycles. The highest BCUT2D eigenvalue weighted by atomic mass is 32.1. The Labute approximate surface area is 158 Å². The maximum Gasteiger partial charge on any atom is 0.261 e. The van der Waals surface area contributed by atoms with Gasteiger partial charge in [-0.2, -0.15) is 0 Å². The molecule has 26 heavy (non-hydrogen) atoms. The molecule has 0 radical (unpaired) electrons. The summed E-state index contributed by atoms with van der Waals surface area (Å²) in [5.74, 6) is 0.828. The quantitative estimate of drug-likeness (QED) is 0.632. The van der Waals surface area contributed by atoms with Crippen LogP contribution in [0.2, 0.25) is 0 Å². The Morgan fingerprint density at radius 1 is 1.12 bits per heavy atom. The number of carbonyl (C=O) groups excluding carboxylic acids is 1. The minimum absolute atomic E-state index is 0.0271. The Hall–Kier alpha value is -2.59. The maximum absolute atomic E-state index is 12.5. The zero-order valence-corrected chi connectivity index (χ0v) is 16.1. The molecule has 3 nitrogen and oxygen atoms in total. The van der Waals surface area contributed by atoms with E-state index >= 15 is 0 Å². The minimum atomic E-state index is -0.0517. The number of aryl methyl sites for hydroxylation is 2. The number of amides is 1. The molecule has 0 aliphatic heterocycles. The molecule has 3 aromatic rings. The van der Waals surface area contributed by atoms with Gasteiger partial charge in [-0.3, -0.25) is 4.79 Å². The number of benzene rings is 2.